The largest absolute Gasteiger partial charge is 0.378 e. The zero-order valence-corrected chi connectivity index (χ0v) is 11.1. The van der Waals surface area contributed by atoms with E-state index in [4.69, 9.17) is 9.47 Å². The van der Waals surface area contributed by atoms with Crippen molar-refractivity contribution in [3.63, 3.8) is 0 Å². The van der Waals surface area contributed by atoms with Gasteiger partial charge in [-0.2, -0.15) is 0 Å². The van der Waals surface area contributed by atoms with Crippen molar-refractivity contribution in [2.75, 3.05) is 13.2 Å². The fourth-order valence-electron chi connectivity index (χ4n) is 2.62. The molecule has 0 spiro atoms. The van der Waals surface area contributed by atoms with Gasteiger partial charge in [-0.1, -0.05) is 24.7 Å². The Morgan fingerprint density at radius 3 is 2.56 bits per heavy atom. The number of aliphatic hydroxyl groups is 1. The molecule has 3 nitrogen and oxygen atoms in total. The highest BCUT2D eigenvalue weighted by Gasteiger charge is 2.25. The van der Waals surface area contributed by atoms with Gasteiger partial charge in [0.15, 0.2) is 6.29 Å². The number of hydrogen-bond acceptors (Lipinski definition) is 3. The molecule has 0 aromatic carbocycles. The molecule has 1 saturated carbocycles. The molecule has 1 unspecified atom stereocenters. The van der Waals surface area contributed by atoms with Gasteiger partial charge in [0.05, 0.1) is 0 Å². The summed E-state index contributed by atoms with van der Waals surface area (Å²) in [6.07, 6.45) is 9.39. The van der Waals surface area contributed by atoms with Crippen LogP contribution < -0.4 is 0 Å². The number of rotatable bonds is 2. The second kappa shape index (κ2) is 7.13. The molecule has 3 heteroatoms. The molecule has 0 aromatic rings. The lowest BCUT2D eigenvalue weighted by Crippen LogP contribution is -2.26. The van der Waals surface area contributed by atoms with Crippen LogP contribution in [0.15, 0.2) is 0 Å². The quantitative estimate of drug-likeness (QED) is 0.606. The maximum absolute atomic E-state index is 10.3. The molecule has 0 bridgehead atoms. The molecule has 0 amide bonds. The molecule has 2 rings (SSSR count). The van der Waals surface area contributed by atoms with Gasteiger partial charge in [-0.25, -0.2) is 0 Å². The van der Waals surface area contributed by atoms with Crippen molar-refractivity contribution in [1.82, 2.24) is 0 Å². The third-order valence-corrected chi connectivity index (χ3v) is 3.73. The summed E-state index contributed by atoms with van der Waals surface area (Å²) in [5.41, 5.74) is -0.771. The van der Waals surface area contributed by atoms with Gasteiger partial charge in [-0.3, -0.25) is 0 Å². The average molecular weight is 252 g/mol. The first-order chi connectivity index (χ1) is 8.79. The lowest BCUT2D eigenvalue weighted by molar-refractivity contribution is -0.154. The van der Waals surface area contributed by atoms with Crippen LogP contribution in [0.2, 0.25) is 0 Å². The highest BCUT2D eigenvalue weighted by molar-refractivity contribution is 5.14. The van der Waals surface area contributed by atoms with E-state index in [9.17, 15) is 5.11 Å². The molecule has 102 valence electrons. The molecule has 1 heterocycles. The van der Waals surface area contributed by atoms with Crippen LogP contribution in [0, 0.1) is 11.8 Å². The third kappa shape index (κ3) is 4.61. The van der Waals surface area contributed by atoms with Crippen LogP contribution in [-0.4, -0.2) is 30.2 Å². The van der Waals surface area contributed by atoms with Crippen molar-refractivity contribution in [3.05, 3.63) is 0 Å². The van der Waals surface area contributed by atoms with Gasteiger partial charge in [-0.05, 0) is 44.9 Å². The fourth-order valence-corrected chi connectivity index (χ4v) is 2.62. The molecule has 2 aliphatic rings. The highest BCUT2D eigenvalue weighted by Crippen LogP contribution is 2.26. The maximum Gasteiger partial charge on any atom is 0.158 e. The SMILES string of the molecule is OC1(C#CCOC2CCCCO2)CCCCCC1. The molecule has 1 aliphatic heterocycles. The van der Waals surface area contributed by atoms with Gasteiger partial charge in [0.2, 0.25) is 0 Å². The van der Waals surface area contributed by atoms with Gasteiger partial charge in [0, 0.05) is 6.61 Å². The summed E-state index contributed by atoms with van der Waals surface area (Å²) >= 11 is 0. The maximum atomic E-state index is 10.3. The molecule has 0 radical (unpaired) electrons. The van der Waals surface area contributed by atoms with Gasteiger partial charge >= 0.3 is 0 Å². The first-order valence-electron chi connectivity index (χ1n) is 7.24. The van der Waals surface area contributed by atoms with Crippen LogP contribution in [0.5, 0.6) is 0 Å². The van der Waals surface area contributed by atoms with Crippen LogP contribution in [0.1, 0.15) is 57.8 Å². The molecule has 0 aromatic heterocycles. The van der Waals surface area contributed by atoms with Crippen LogP contribution in [0.3, 0.4) is 0 Å². The third-order valence-electron chi connectivity index (χ3n) is 3.73. The van der Waals surface area contributed by atoms with Gasteiger partial charge in [0.25, 0.3) is 0 Å². The molecule has 2 fully saturated rings. The normalized spacial score (nSPS) is 27.9. The van der Waals surface area contributed by atoms with Crippen LogP contribution >= 0.6 is 0 Å². The standard InChI is InChI=1S/C15H24O3/c16-15(9-4-1-2-5-10-15)11-7-13-18-14-8-3-6-12-17-14/h14,16H,1-6,8-10,12-13H2. The minimum absolute atomic E-state index is 0.0863. The van der Waals surface area contributed by atoms with Crippen molar-refractivity contribution >= 4 is 0 Å². The summed E-state index contributed by atoms with van der Waals surface area (Å²) in [5.74, 6) is 5.97. The Bertz CT molecular complexity index is 289. The van der Waals surface area contributed by atoms with Crippen molar-refractivity contribution in [3.8, 4) is 11.8 Å². The van der Waals surface area contributed by atoms with E-state index >= 15 is 0 Å². The lowest BCUT2D eigenvalue weighted by atomic mass is 9.95. The molecular formula is C15H24O3. The smallest absolute Gasteiger partial charge is 0.158 e. The van der Waals surface area contributed by atoms with E-state index in [0.717, 1.165) is 45.1 Å². The average Bonchev–Trinajstić information content (AvgIpc) is 2.61. The fraction of sp³-hybridized carbons (Fsp3) is 0.867. The van der Waals surface area contributed by atoms with Gasteiger partial charge in [-0.15, -0.1) is 0 Å². The van der Waals surface area contributed by atoms with Crippen molar-refractivity contribution in [2.45, 2.75) is 69.7 Å². The molecule has 18 heavy (non-hydrogen) atoms. The predicted octanol–water partition coefficient (Wildman–Crippen LogP) is 2.62. The van der Waals surface area contributed by atoms with E-state index in [1.165, 1.54) is 19.3 Å². The minimum atomic E-state index is -0.771. The first kappa shape index (κ1) is 13.9. The first-order valence-corrected chi connectivity index (χ1v) is 7.24. The van der Waals surface area contributed by atoms with Crippen molar-refractivity contribution < 1.29 is 14.6 Å². The monoisotopic (exact) mass is 252 g/mol. The second-order valence-electron chi connectivity index (χ2n) is 5.35. The highest BCUT2D eigenvalue weighted by atomic mass is 16.7. The summed E-state index contributed by atoms with van der Waals surface area (Å²) in [4.78, 5) is 0. The van der Waals surface area contributed by atoms with E-state index in [2.05, 4.69) is 11.8 Å². The zero-order chi connectivity index (χ0) is 12.7. The Morgan fingerprint density at radius 2 is 1.89 bits per heavy atom. The van der Waals surface area contributed by atoms with Gasteiger partial charge < -0.3 is 14.6 Å². The van der Waals surface area contributed by atoms with Crippen LogP contribution in [-0.2, 0) is 9.47 Å². The number of ether oxygens (including phenoxy) is 2. The number of hydrogen-bond donors (Lipinski definition) is 1. The summed E-state index contributed by atoms with van der Waals surface area (Å²) in [5, 5.41) is 10.3. The summed E-state index contributed by atoms with van der Waals surface area (Å²) in [6.45, 7) is 1.16. The summed E-state index contributed by atoms with van der Waals surface area (Å²) in [7, 11) is 0. The molecular weight excluding hydrogens is 228 g/mol. The van der Waals surface area contributed by atoms with Crippen LogP contribution in [0.25, 0.3) is 0 Å². The van der Waals surface area contributed by atoms with E-state index < -0.39 is 5.60 Å². The Labute approximate surface area is 110 Å². The Balaban J connectivity index is 1.72. The lowest BCUT2D eigenvalue weighted by Gasteiger charge is -2.22. The van der Waals surface area contributed by atoms with E-state index in [1.54, 1.807) is 0 Å². The van der Waals surface area contributed by atoms with Crippen LogP contribution in [0.4, 0.5) is 0 Å². The molecule has 1 saturated heterocycles. The van der Waals surface area contributed by atoms with Gasteiger partial charge in [0.1, 0.15) is 12.2 Å². The Kier molecular flexibility index (Phi) is 5.49. The second-order valence-corrected chi connectivity index (χ2v) is 5.35. The summed E-state index contributed by atoms with van der Waals surface area (Å²) < 4.78 is 11.0. The minimum Gasteiger partial charge on any atom is -0.378 e. The molecule has 1 N–H and O–H groups in total. The van der Waals surface area contributed by atoms with E-state index in [1.807, 2.05) is 0 Å². The van der Waals surface area contributed by atoms with Crippen molar-refractivity contribution in [2.24, 2.45) is 0 Å². The topological polar surface area (TPSA) is 38.7 Å². The predicted molar refractivity (Wildman–Crippen MR) is 70.0 cm³/mol. The molecule has 1 atom stereocenters. The van der Waals surface area contributed by atoms with E-state index in [0.29, 0.717) is 6.61 Å². The van der Waals surface area contributed by atoms with E-state index in [-0.39, 0.29) is 6.29 Å². The van der Waals surface area contributed by atoms with Crippen molar-refractivity contribution in [1.29, 1.82) is 0 Å². The Hall–Kier alpha value is -0.560. The summed E-state index contributed by atoms with van der Waals surface area (Å²) in [6, 6.07) is 0. The molecule has 1 aliphatic carbocycles. The Morgan fingerprint density at radius 1 is 1.11 bits per heavy atom. The zero-order valence-electron chi connectivity index (χ0n) is 11.1.